The van der Waals surface area contributed by atoms with Gasteiger partial charge in [0.25, 0.3) is 5.91 Å². The van der Waals surface area contributed by atoms with Crippen LogP contribution in [0.5, 0.6) is 5.88 Å². The molecule has 1 unspecified atom stereocenters. The Kier molecular flexibility index (Phi) is 10.0. The number of azide groups is 1. The Morgan fingerprint density at radius 1 is 1.21 bits per heavy atom. The van der Waals surface area contributed by atoms with Gasteiger partial charge in [-0.15, -0.1) is 5.10 Å². The first-order valence-electron chi connectivity index (χ1n) is 15.2. The molecule has 4 heterocycles. The minimum Gasteiger partial charge on any atom is -0.477 e. The Morgan fingerprint density at radius 3 is 2.65 bits per heavy atom. The number of ether oxygens (including phenoxy) is 1. The summed E-state index contributed by atoms with van der Waals surface area (Å²) < 4.78 is 85.2. The summed E-state index contributed by atoms with van der Waals surface area (Å²) in [7, 11) is -3.47. The fourth-order valence-electron chi connectivity index (χ4n) is 5.94. The van der Waals surface area contributed by atoms with Gasteiger partial charge in [0.1, 0.15) is 5.82 Å². The lowest BCUT2D eigenvalue weighted by Crippen LogP contribution is -2.44. The monoisotopic (exact) mass is 694 g/mol. The Balaban J connectivity index is 1.42. The predicted octanol–water partition coefficient (Wildman–Crippen LogP) is 5.29. The highest BCUT2D eigenvalue weighted by atomic mass is 32.2. The van der Waals surface area contributed by atoms with Crippen molar-refractivity contribution in [3.8, 4) is 11.7 Å². The summed E-state index contributed by atoms with van der Waals surface area (Å²) in [4.78, 5) is 26.7. The molecule has 1 aliphatic carbocycles. The van der Waals surface area contributed by atoms with Crippen molar-refractivity contribution >= 4 is 28.4 Å². The number of hydrogen-bond acceptors (Lipinski definition) is 9. The molecule has 258 valence electrons. The van der Waals surface area contributed by atoms with Crippen LogP contribution in [0.15, 0.2) is 47.7 Å². The molecular formula is C29H34F4N10O4S. The summed E-state index contributed by atoms with van der Waals surface area (Å²) in [6.45, 7) is 4.59. The van der Waals surface area contributed by atoms with Gasteiger partial charge in [0.05, 0.1) is 17.6 Å². The molecule has 1 amide bonds. The number of thiol groups is 1. The maximum absolute atomic E-state index is 13.8. The molecule has 0 spiro atoms. The fraction of sp³-hybridized carbons (Fsp3) is 0.517. The van der Waals surface area contributed by atoms with Crippen molar-refractivity contribution in [2.45, 2.75) is 64.1 Å². The topological polar surface area (TPSA) is 171 Å². The average Bonchev–Trinajstić information content (AvgIpc) is 3.58. The van der Waals surface area contributed by atoms with Crippen LogP contribution in [0.3, 0.4) is 0 Å². The zero-order valence-corrected chi connectivity index (χ0v) is 27.0. The minimum absolute atomic E-state index is 0.00493. The number of halogens is 4. The van der Waals surface area contributed by atoms with Gasteiger partial charge in [-0.1, -0.05) is 11.2 Å². The lowest BCUT2D eigenvalue weighted by atomic mass is 9.93. The van der Waals surface area contributed by atoms with Crippen LogP contribution in [0.4, 0.5) is 29.2 Å². The standard InChI is InChI=1S/C29H34F4N10O4S/c1-27(2)17-19(5-4-14-35-40-34)18-41(27)25-20(26(44)39-43(48(45)46)23-7-3-6-21(30)36-23)8-9-22(37-25)42-15-10-24(38-42)47-16-13-28(11-12-28)29(31,32)33/h3,6-10,15,19,48H,4-5,11-14,16-18H2,1-2H3,(H,39,44). The number of carbonyl (C=O) groups excluding carboxylic acids is 1. The molecule has 1 saturated carbocycles. The number of aromatic nitrogens is 4. The van der Waals surface area contributed by atoms with Crippen molar-refractivity contribution in [3.63, 3.8) is 0 Å². The van der Waals surface area contributed by atoms with E-state index < -0.39 is 39.9 Å². The molecular weight excluding hydrogens is 660 g/mol. The van der Waals surface area contributed by atoms with Gasteiger partial charge in [-0.05, 0) is 88.1 Å². The average molecular weight is 695 g/mol. The fourth-order valence-corrected chi connectivity index (χ4v) is 6.39. The van der Waals surface area contributed by atoms with Crippen molar-refractivity contribution in [1.29, 1.82) is 0 Å². The Morgan fingerprint density at radius 2 is 1.98 bits per heavy atom. The number of hydrogen-bond donors (Lipinski definition) is 2. The molecule has 2 aliphatic rings. The quantitative estimate of drug-likeness (QED) is 0.0335. The molecule has 14 nitrogen and oxygen atoms in total. The number of rotatable bonds is 14. The number of amides is 1. The zero-order chi connectivity index (χ0) is 34.7. The van der Waals surface area contributed by atoms with Gasteiger partial charge in [-0.25, -0.2) is 23.5 Å². The van der Waals surface area contributed by atoms with Gasteiger partial charge >= 0.3 is 6.18 Å². The summed E-state index contributed by atoms with van der Waals surface area (Å²) in [5.41, 5.74) is 8.67. The minimum atomic E-state index is -4.29. The van der Waals surface area contributed by atoms with Crippen LogP contribution < -0.4 is 19.5 Å². The van der Waals surface area contributed by atoms with E-state index in [1.54, 1.807) is 0 Å². The second-order valence-electron chi connectivity index (χ2n) is 12.4. The largest absolute Gasteiger partial charge is 0.477 e. The molecule has 1 saturated heterocycles. The van der Waals surface area contributed by atoms with Crippen molar-refractivity contribution < 1.29 is 35.5 Å². The number of nitrogens with one attached hydrogen (secondary N) is 1. The van der Waals surface area contributed by atoms with Gasteiger partial charge in [0, 0.05) is 35.8 Å². The van der Waals surface area contributed by atoms with E-state index >= 15 is 0 Å². The lowest BCUT2D eigenvalue weighted by molar-refractivity contribution is -0.190. The maximum Gasteiger partial charge on any atom is 0.394 e. The normalized spacial score (nSPS) is 18.0. The Hall–Kier alpha value is -4.64. The molecule has 3 aromatic rings. The smallest absolute Gasteiger partial charge is 0.394 e. The predicted molar refractivity (Wildman–Crippen MR) is 166 cm³/mol. The number of pyridine rings is 2. The van der Waals surface area contributed by atoms with Gasteiger partial charge in [0.2, 0.25) is 22.7 Å². The second kappa shape index (κ2) is 13.8. The molecule has 19 heteroatoms. The Bertz CT molecular complexity index is 1760. The number of nitrogens with zero attached hydrogens (tertiary/aromatic N) is 9. The summed E-state index contributed by atoms with van der Waals surface area (Å²) in [5, 5.41) is 7.91. The summed E-state index contributed by atoms with van der Waals surface area (Å²) >= 11 is 0. The molecule has 1 aliphatic heterocycles. The van der Waals surface area contributed by atoms with Crippen LogP contribution >= 0.6 is 0 Å². The van der Waals surface area contributed by atoms with Crippen LogP contribution in [-0.4, -0.2) is 65.5 Å². The van der Waals surface area contributed by atoms with Crippen molar-refractivity contribution in [1.82, 2.24) is 25.2 Å². The van der Waals surface area contributed by atoms with Crippen molar-refractivity contribution in [2.75, 3.05) is 29.0 Å². The highest BCUT2D eigenvalue weighted by molar-refractivity contribution is 7.74. The van der Waals surface area contributed by atoms with Gasteiger partial charge in [0.15, 0.2) is 11.6 Å². The number of hydrazine groups is 1. The van der Waals surface area contributed by atoms with E-state index in [9.17, 15) is 30.8 Å². The first-order valence-corrected chi connectivity index (χ1v) is 16.3. The molecule has 1 atom stereocenters. The third-order valence-corrected chi connectivity index (χ3v) is 9.26. The van der Waals surface area contributed by atoms with Crippen LogP contribution in [0.2, 0.25) is 0 Å². The molecule has 3 aromatic heterocycles. The van der Waals surface area contributed by atoms with Crippen molar-refractivity contribution in [3.05, 3.63) is 64.5 Å². The van der Waals surface area contributed by atoms with Crippen LogP contribution in [0, 0.1) is 17.3 Å². The van der Waals surface area contributed by atoms with E-state index in [1.165, 1.54) is 41.2 Å². The van der Waals surface area contributed by atoms with Crippen LogP contribution in [0.25, 0.3) is 16.3 Å². The SMILES string of the molecule is CC1(C)CC(CCCN=[N+]=[N-])CN1c1nc(-n2ccc(OCCC3(C(F)(F)F)CC3)n2)ccc1C(=O)NN(c1cccc(F)n1)[SH](=O)=O. The molecule has 0 bridgehead atoms. The first-order chi connectivity index (χ1) is 22.7. The van der Waals surface area contributed by atoms with Gasteiger partial charge < -0.3 is 9.64 Å². The van der Waals surface area contributed by atoms with E-state index in [2.05, 4.69) is 25.5 Å². The number of carbonyl (C=O) groups is 1. The lowest BCUT2D eigenvalue weighted by Gasteiger charge is -2.34. The molecule has 48 heavy (non-hydrogen) atoms. The summed E-state index contributed by atoms with van der Waals surface area (Å²) in [5.74, 6) is -1.46. The summed E-state index contributed by atoms with van der Waals surface area (Å²) in [6, 6.07) is 7.89. The molecule has 1 N–H and O–H groups in total. The maximum atomic E-state index is 13.8. The zero-order valence-electron chi connectivity index (χ0n) is 26.1. The molecule has 2 fully saturated rings. The highest BCUT2D eigenvalue weighted by Gasteiger charge is 2.62. The number of alkyl halides is 3. The Labute approximate surface area is 274 Å². The molecule has 0 aromatic carbocycles. The first kappa shape index (κ1) is 34.7. The van der Waals surface area contributed by atoms with E-state index in [1.807, 2.05) is 18.7 Å². The van der Waals surface area contributed by atoms with Gasteiger partial charge in [-0.2, -0.15) is 27.0 Å². The molecule has 5 rings (SSSR count). The van der Waals surface area contributed by atoms with E-state index in [-0.39, 0.29) is 60.7 Å². The summed E-state index contributed by atoms with van der Waals surface area (Å²) in [6.07, 6.45) is -0.691. The van der Waals surface area contributed by atoms with E-state index in [0.29, 0.717) is 30.3 Å². The van der Waals surface area contributed by atoms with E-state index in [4.69, 9.17) is 15.3 Å². The number of anilines is 2. The van der Waals surface area contributed by atoms with Crippen LogP contribution in [0.1, 0.15) is 62.7 Å². The molecule has 0 radical (unpaired) electrons. The van der Waals surface area contributed by atoms with Crippen LogP contribution in [-0.2, 0) is 10.9 Å². The second-order valence-corrected chi connectivity index (χ2v) is 13.3. The highest BCUT2D eigenvalue weighted by Crippen LogP contribution is 2.59. The third-order valence-electron chi connectivity index (χ3n) is 8.63. The van der Waals surface area contributed by atoms with Gasteiger partial charge in [-0.3, -0.25) is 4.79 Å². The third kappa shape index (κ3) is 7.73. The van der Waals surface area contributed by atoms with E-state index in [0.717, 1.165) is 12.5 Å². The van der Waals surface area contributed by atoms with Crippen molar-refractivity contribution in [2.24, 2.45) is 16.4 Å².